The first kappa shape index (κ1) is 13.7. The van der Waals surface area contributed by atoms with Crippen molar-refractivity contribution >= 4 is 32.4 Å². The molecule has 3 aromatic rings. The van der Waals surface area contributed by atoms with E-state index in [-0.39, 0.29) is 0 Å². The molecule has 0 amide bonds. The van der Waals surface area contributed by atoms with E-state index in [1.54, 1.807) is 19.4 Å². The highest BCUT2D eigenvalue weighted by atomic mass is 79.9. The summed E-state index contributed by atoms with van der Waals surface area (Å²) in [6, 6.07) is 13.1. The van der Waals surface area contributed by atoms with Gasteiger partial charge in [-0.05, 0) is 46.3 Å². The number of fused-ring (bicyclic) bond motifs is 1. The third-order valence-corrected chi connectivity index (χ3v) is 4.00. The molecule has 0 aliphatic carbocycles. The Hall–Kier alpha value is -2.27. The van der Waals surface area contributed by atoms with Gasteiger partial charge >= 0.3 is 0 Å². The molecule has 0 atom stereocenters. The fraction of sp³-hybridized carbons (Fsp3) is 0.0625. The SMILES string of the molecule is COc1cccc2c(Oc3cccc(N)c3Br)nccc12. The zero-order valence-electron chi connectivity index (χ0n) is 11.3. The van der Waals surface area contributed by atoms with E-state index in [0.29, 0.717) is 21.8 Å². The largest absolute Gasteiger partial charge is 0.496 e. The van der Waals surface area contributed by atoms with Gasteiger partial charge in [0.25, 0.3) is 0 Å². The van der Waals surface area contributed by atoms with Gasteiger partial charge < -0.3 is 15.2 Å². The van der Waals surface area contributed by atoms with Gasteiger partial charge in [0.05, 0.1) is 11.6 Å². The van der Waals surface area contributed by atoms with Crippen LogP contribution in [0.4, 0.5) is 5.69 Å². The van der Waals surface area contributed by atoms with Gasteiger partial charge in [-0.25, -0.2) is 4.98 Å². The lowest BCUT2D eigenvalue weighted by Gasteiger charge is -2.11. The third-order valence-electron chi connectivity index (χ3n) is 3.15. The van der Waals surface area contributed by atoms with E-state index < -0.39 is 0 Å². The van der Waals surface area contributed by atoms with Crippen LogP contribution in [0, 0.1) is 0 Å². The van der Waals surface area contributed by atoms with E-state index in [9.17, 15) is 0 Å². The van der Waals surface area contributed by atoms with Crippen molar-refractivity contribution in [1.82, 2.24) is 4.98 Å². The van der Waals surface area contributed by atoms with E-state index in [1.165, 1.54) is 0 Å². The van der Waals surface area contributed by atoms with Crippen LogP contribution < -0.4 is 15.2 Å². The second kappa shape index (κ2) is 5.61. The summed E-state index contributed by atoms with van der Waals surface area (Å²) in [5, 5.41) is 1.83. The van der Waals surface area contributed by atoms with Crippen LogP contribution in [0.1, 0.15) is 0 Å². The van der Waals surface area contributed by atoms with Crippen LogP contribution in [-0.2, 0) is 0 Å². The molecule has 1 aromatic heterocycles. The van der Waals surface area contributed by atoms with Crippen molar-refractivity contribution < 1.29 is 9.47 Å². The first-order chi connectivity index (χ1) is 10.2. The predicted octanol–water partition coefficient (Wildman–Crippen LogP) is 4.38. The number of nitrogens with zero attached hydrogens (tertiary/aromatic N) is 1. The van der Waals surface area contributed by atoms with Crippen molar-refractivity contribution in [3.63, 3.8) is 0 Å². The number of hydrogen-bond acceptors (Lipinski definition) is 4. The quantitative estimate of drug-likeness (QED) is 0.716. The fourth-order valence-corrected chi connectivity index (χ4v) is 2.47. The summed E-state index contributed by atoms with van der Waals surface area (Å²) in [5.74, 6) is 1.92. The normalized spacial score (nSPS) is 10.6. The number of nitrogen functional groups attached to an aromatic ring is 1. The highest BCUT2D eigenvalue weighted by molar-refractivity contribution is 9.10. The van der Waals surface area contributed by atoms with E-state index >= 15 is 0 Å². The number of pyridine rings is 1. The highest BCUT2D eigenvalue weighted by Gasteiger charge is 2.11. The number of benzene rings is 2. The maximum Gasteiger partial charge on any atom is 0.227 e. The number of ether oxygens (including phenoxy) is 2. The van der Waals surface area contributed by atoms with E-state index in [0.717, 1.165) is 16.5 Å². The molecule has 5 heteroatoms. The van der Waals surface area contributed by atoms with Crippen LogP contribution in [0.2, 0.25) is 0 Å². The lowest BCUT2D eigenvalue weighted by atomic mass is 10.1. The minimum Gasteiger partial charge on any atom is -0.496 e. The van der Waals surface area contributed by atoms with Gasteiger partial charge in [0, 0.05) is 22.7 Å². The summed E-state index contributed by atoms with van der Waals surface area (Å²) in [4.78, 5) is 4.31. The maximum absolute atomic E-state index is 5.91. The van der Waals surface area contributed by atoms with Crippen molar-refractivity contribution in [1.29, 1.82) is 0 Å². The zero-order valence-corrected chi connectivity index (χ0v) is 12.9. The lowest BCUT2D eigenvalue weighted by molar-refractivity contribution is 0.419. The summed E-state index contributed by atoms with van der Waals surface area (Å²) in [6.07, 6.45) is 1.69. The Balaban J connectivity index is 2.11. The molecule has 106 valence electrons. The average molecular weight is 345 g/mol. The molecule has 0 spiro atoms. The molecule has 0 bridgehead atoms. The first-order valence-electron chi connectivity index (χ1n) is 6.34. The van der Waals surface area contributed by atoms with Gasteiger partial charge in [-0.1, -0.05) is 12.1 Å². The van der Waals surface area contributed by atoms with Crippen molar-refractivity contribution in [3.05, 3.63) is 53.1 Å². The molecule has 4 nitrogen and oxygen atoms in total. The molecule has 3 rings (SSSR count). The van der Waals surface area contributed by atoms with Crippen LogP contribution >= 0.6 is 15.9 Å². The zero-order chi connectivity index (χ0) is 14.8. The fourth-order valence-electron chi connectivity index (χ4n) is 2.12. The van der Waals surface area contributed by atoms with Crippen LogP contribution in [-0.4, -0.2) is 12.1 Å². The smallest absolute Gasteiger partial charge is 0.227 e. The summed E-state index contributed by atoms with van der Waals surface area (Å²) in [5.41, 5.74) is 6.48. The van der Waals surface area contributed by atoms with Crippen molar-refractivity contribution in [2.24, 2.45) is 0 Å². The van der Waals surface area contributed by atoms with Gasteiger partial charge in [0.2, 0.25) is 5.88 Å². The number of aromatic nitrogens is 1. The molecule has 21 heavy (non-hydrogen) atoms. The Morgan fingerprint density at radius 1 is 1.00 bits per heavy atom. The third kappa shape index (κ3) is 2.52. The molecular weight excluding hydrogens is 332 g/mol. The molecule has 0 saturated carbocycles. The van der Waals surface area contributed by atoms with Crippen LogP contribution in [0.15, 0.2) is 53.1 Å². The molecule has 0 saturated heterocycles. The Bertz CT molecular complexity index is 805. The predicted molar refractivity (Wildman–Crippen MR) is 86.9 cm³/mol. The number of rotatable bonds is 3. The summed E-state index contributed by atoms with van der Waals surface area (Å²) < 4.78 is 12.0. The highest BCUT2D eigenvalue weighted by Crippen LogP contribution is 2.37. The minimum absolute atomic E-state index is 0.512. The lowest BCUT2D eigenvalue weighted by Crippen LogP contribution is -1.94. The van der Waals surface area contributed by atoms with Gasteiger partial charge in [-0.2, -0.15) is 0 Å². The summed E-state index contributed by atoms with van der Waals surface area (Å²) in [7, 11) is 1.64. The van der Waals surface area contributed by atoms with E-state index in [2.05, 4.69) is 20.9 Å². The Kier molecular flexibility index (Phi) is 3.66. The van der Waals surface area contributed by atoms with E-state index in [1.807, 2.05) is 36.4 Å². The molecule has 2 aromatic carbocycles. The monoisotopic (exact) mass is 344 g/mol. The average Bonchev–Trinajstić information content (AvgIpc) is 2.51. The first-order valence-corrected chi connectivity index (χ1v) is 7.13. The van der Waals surface area contributed by atoms with Crippen LogP contribution in [0.25, 0.3) is 10.8 Å². The molecule has 2 N–H and O–H groups in total. The molecule has 0 fully saturated rings. The molecule has 1 heterocycles. The summed E-state index contributed by atoms with van der Waals surface area (Å²) >= 11 is 3.43. The van der Waals surface area contributed by atoms with Crippen molar-refractivity contribution in [2.45, 2.75) is 0 Å². The molecule has 0 unspecified atom stereocenters. The molecule has 0 aliphatic heterocycles. The molecule has 0 radical (unpaired) electrons. The Morgan fingerprint density at radius 3 is 2.57 bits per heavy atom. The number of nitrogens with two attached hydrogens (primary N) is 1. The van der Waals surface area contributed by atoms with Crippen molar-refractivity contribution in [3.8, 4) is 17.4 Å². The molecular formula is C16H13BrN2O2. The number of anilines is 1. The molecule has 0 aliphatic rings. The Morgan fingerprint density at radius 2 is 1.76 bits per heavy atom. The second-order valence-corrected chi connectivity index (χ2v) is 5.23. The minimum atomic E-state index is 0.512. The maximum atomic E-state index is 5.91. The Labute approximate surface area is 130 Å². The number of methoxy groups -OCH3 is 1. The van der Waals surface area contributed by atoms with Crippen LogP contribution in [0.5, 0.6) is 17.4 Å². The number of hydrogen-bond donors (Lipinski definition) is 1. The number of halogens is 1. The van der Waals surface area contributed by atoms with E-state index in [4.69, 9.17) is 15.2 Å². The van der Waals surface area contributed by atoms with Gasteiger partial charge in [-0.3, -0.25) is 0 Å². The van der Waals surface area contributed by atoms with Gasteiger partial charge in [0.15, 0.2) is 0 Å². The topological polar surface area (TPSA) is 57.4 Å². The van der Waals surface area contributed by atoms with Crippen molar-refractivity contribution in [2.75, 3.05) is 12.8 Å². The van der Waals surface area contributed by atoms with Crippen LogP contribution in [0.3, 0.4) is 0 Å². The van der Waals surface area contributed by atoms with Gasteiger partial charge in [0.1, 0.15) is 11.5 Å². The summed E-state index contributed by atoms with van der Waals surface area (Å²) in [6.45, 7) is 0. The standard InChI is InChI=1S/C16H13BrN2O2/c1-20-13-6-2-4-11-10(13)8-9-19-16(11)21-14-7-3-5-12(18)15(14)17/h2-9H,18H2,1H3. The van der Waals surface area contributed by atoms with Gasteiger partial charge in [-0.15, -0.1) is 0 Å². The second-order valence-electron chi connectivity index (χ2n) is 4.43.